The molecule has 1 aromatic rings. The smallest absolute Gasteiger partial charge is 0.0963 e. The van der Waals surface area contributed by atoms with Gasteiger partial charge in [-0.3, -0.25) is 0 Å². The fourth-order valence-electron chi connectivity index (χ4n) is 1.92. The third kappa shape index (κ3) is 6.71. The first-order valence-electron chi connectivity index (χ1n) is 6.98. The van der Waals surface area contributed by atoms with E-state index in [1.165, 1.54) is 43.4 Å². The number of unbranched alkanes of at least 4 members (excludes halogenated alkanes) is 5. The van der Waals surface area contributed by atoms with Gasteiger partial charge in [0.15, 0.2) is 0 Å². The van der Waals surface area contributed by atoms with E-state index in [0.717, 1.165) is 6.42 Å². The van der Waals surface area contributed by atoms with Crippen LogP contribution in [0.5, 0.6) is 0 Å². The second kappa shape index (κ2) is 10.0. The molecule has 98 valence electrons. The van der Waals surface area contributed by atoms with Gasteiger partial charge in [0.25, 0.3) is 0 Å². The zero-order valence-electron chi connectivity index (χ0n) is 11.3. The van der Waals surface area contributed by atoms with E-state index in [-0.39, 0.29) is 5.25 Å². The van der Waals surface area contributed by atoms with Crippen molar-refractivity contribution in [2.24, 2.45) is 0 Å². The Kier molecular flexibility index (Phi) is 8.42. The van der Waals surface area contributed by atoms with Crippen LogP contribution in [0.4, 0.5) is 0 Å². The van der Waals surface area contributed by atoms with Crippen LogP contribution >= 0.6 is 11.8 Å². The predicted molar refractivity (Wildman–Crippen MR) is 79.7 cm³/mol. The van der Waals surface area contributed by atoms with Gasteiger partial charge in [-0.05, 0) is 18.6 Å². The molecule has 0 fully saturated rings. The molecule has 1 nitrogen and oxygen atoms in total. The van der Waals surface area contributed by atoms with Gasteiger partial charge in [-0.2, -0.15) is 5.26 Å². The Labute approximate surface area is 116 Å². The van der Waals surface area contributed by atoms with Crippen molar-refractivity contribution in [3.63, 3.8) is 0 Å². The molecule has 0 radical (unpaired) electrons. The van der Waals surface area contributed by atoms with Gasteiger partial charge in [-0.1, -0.05) is 63.6 Å². The quantitative estimate of drug-likeness (QED) is 0.437. The summed E-state index contributed by atoms with van der Waals surface area (Å²) in [5, 5.41) is 9.27. The number of nitriles is 1. The molecule has 0 bridgehead atoms. The lowest BCUT2D eigenvalue weighted by atomic mass is 10.1. The van der Waals surface area contributed by atoms with Crippen molar-refractivity contribution >= 4 is 11.8 Å². The lowest BCUT2D eigenvalue weighted by Crippen LogP contribution is -1.98. The first-order valence-corrected chi connectivity index (χ1v) is 7.86. The topological polar surface area (TPSA) is 23.8 Å². The minimum atomic E-state index is 0.110. The molecule has 0 saturated heterocycles. The molecular formula is C16H23NS. The van der Waals surface area contributed by atoms with Crippen molar-refractivity contribution in [2.75, 3.05) is 0 Å². The van der Waals surface area contributed by atoms with E-state index in [1.807, 2.05) is 18.2 Å². The monoisotopic (exact) mass is 261 g/mol. The van der Waals surface area contributed by atoms with Crippen LogP contribution < -0.4 is 0 Å². The molecule has 18 heavy (non-hydrogen) atoms. The fraction of sp³-hybridized carbons (Fsp3) is 0.562. The summed E-state index contributed by atoms with van der Waals surface area (Å²) in [6, 6.07) is 12.6. The molecule has 1 aromatic carbocycles. The van der Waals surface area contributed by atoms with E-state index in [0.29, 0.717) is 0 Å². The summed E-state index contributed by atoms with van der Waals surface area (Å²) in [6.07, 6.45) is 8.78. The normalized spacial score (nSPS) is 12.0. The Morgan fingerprint density at radius 2 is 1.72 bits per heavy atom. The predicted octanol–water partition coefficient (Wildman–Crippen LogP) is 5.42. The highest BCUT2D eigenvalue weighted by Crippen LogP contribution is 2.26. The summed E-state index contributed by atoms with van der Waals surface area (Å²) in [5.74, 6) is 0. The highest BCUT2D eigenvalue weighted by Gasteiger charge is 2.08. The average molecular weight is 261 g/mol. The number of hydrogen-bond donors (Lipinski definition) is 0. The van der Waals surface area contributed by atoms with Crippen LogP contribution in [0.2, 0.25) is 0 Å². The number of nitrogens with zero attached hydrogens (tertiary/aromatic N) is 1. The Hall–Kier alpha value is -0.940. The molecule has 0 amide bonds. The van der Waals surface area contributed by atoms with Gasteiger partial charge in [-0.25, -0.2) is 0 Å². The molecule has 0 saturated carbocycles. The van der Waals surface area contributed by atoms with Gasteiger partial charge in [0.1, 0.15) is 0 Å². The summed E-state index contributed by atoms with van der Waals surface area (Å²) in [5.41, 5.74) is 0. The standard InChI is InChI=1S/C16H23NS/c1-2-3-4-5-6-8-13-16(14-17)18-15-11-9-7-10-12-15/h7,9-12,16H,2-6,8,13H2,1H3. The first-order chi connectivity index (χ1) is 8.86. The molecular weight excluding hydrogens is 238 g/mol. The van der Waals surface area contributed by atoms with Crippen molar-refractivity contribution in [3.8, 4) is 6.07 Å². The van der Waals surface area contributed by atoms with Crippen molar-refractivity contribution < 1.29 is 0 Å². The lowest BCUT2D eigenvalue weighted by molar-refractivity contribution is 0.595. The summed E-state index contributed by atoms with van der Waals surface area (Å²) in [4.78, 5) is 1.20. The number of benzene rings is 1. The van der Waals surface area contributed by atoms with Crippen LogP contribution in [-0.4, -0.2) is 5.25 Å². The van der Waals surface area contributed by atoms with Gasteiger partial charge < -0.3 is 0 Å². The van der Waals surface area contributed by atoms with Crippen molar-refractivity contribution in [2.45, 2.75) is 62.0 Å². The number of rotatable bonds is 9. The molecule has 0 spiro atoms. The number of thioether (sulfide) groups is 1. The van der Waals surface area contributed by atoms with Gasteiger partial charge in [0.05, 0.1) is 11.3 Å². The molecule has 0 heterocycles. The molecule has 0 aliphatic carbocycles. The maximum absolute atomic E-state index is 9.16. The SMILES string of the molecule is CCCCCCCCC(C#N)Sc1ccccc1. The Morgan fingerprint density at radius 1 is 1.06 bits per heavy atom. The van der Waals surface area contributed by atoms with E-state index >= 15 is 0 Å². The van der Waals surface area contributed by atoms with Crippen LogP contribution in [0, 0.1) is 11.3 Å². The fourth-order valence-corrected chi connectivity index (χ4v) is 2.90. The Bertz CT molecular complexity index is 342. The summed E-state index contributed by atoms with van der Waals surface area (Å²) in [6.45, 7) is 2.24. The maximum Gasteiger partial charge on any atom is 0.0963 e. The lowest BCUT2D eigenvalue weighted by Gasteiger charge is -2.08. The van der Waals surface area contributed by atoms with E-state index in [9.17, 15) is 0 Å². The van der Waals surface area contributed by atoms with Crippen LogP contribution in [0.3, 0.4) is 0 Å². The minimum Gasteiger partial charge on any atom is -0.197 e. The molecule has 0 N–H and O–H groups in total. The van der Waals surface area contributed by atoms with Crippen LogP contribution in [0.15, 0.2) is 35.2 Å². The molecule has 1 rings (SSSR count). The van der Waals surface area contributed by atoms with Crippen LogP contribution in [-0.2, 0) is 0 Å². The third-order valence-electron chi connectivity index (χ3n) is 2.99. The van der Waals surface area contributed by atoms with Crippen molar-refractivity contribution in [3.05, 3.63) is 30.3 Å². The molecule has 0 aromatic heterocycles. The average Bonchev–Trinajstić information content (AvgIpc) is 2.42. The zero-order valence-corrected chi connectivity index (χ0v) is 12.1. The van der Waals surface area contributed by atoms with Crippen LogP contribution in [0.25, 0.3) is 0 Å². The molecule has 1 unspecified atom stereocenters. The zero-order chi connectivity index (χ0) is 13.1. The Morgan fingerprint density at radius 3 is 2.39 bits per heavy atom. The minimum absolute atomic E-state index is 0.110. The molecule has 1 atom stereocenters. The highest BCUT2D eigenvalue weighted by atomic mass is 32.2. The highest BCUT2D eigenvalue weighted by molar-refractivity contribution is 8.00. The summed E-state index contributed by atoms with van der Waals surface area (Å²) < 4.78 is 0. The molecule has 0 aliphatic rings. The van der Waals surface area contributed by atoms with Gasteiger partial charge in [0, 0.05) is 4.90 Å². The maximum atomic E-state index is 9.16. The molecule has 0 aliphatic heterocycles. The summed E-state index contributed by atoms with van der Waals surface area (Å²) in [7, 11) is 0. The van der Waals surface area contributed by atoms with E-state index in [1.54, 1.807) is 11.8 Å². The van der Waals surface area contributed by atoms with E-state index in [4.69, 9.17) is 5.26 Å². The second-order valence-corrected chi connectivity index (χ2v) is 5.88. The van der Waals surface area contributed by atoms with E-state index in [2.05, 4.69) is 25.1 Å². The van der Waals surface area contributed by atoms with Crippen molar-refractivity contribution in [1.29, 1.82) is 5.26 Å². The first kappa shape index (κ1) is 15.1. The van der Waals surface area contributed by atoms with Gasteiger partial charge in [0.2, 0.25) is 0 Å². The molecule has 2 heteroatoms. The summed E-state index contributed by atoms with van der Waals surface area (Å²) >= 11 is 1.70. The van der Waals surface area contributed by atoms with Gasteiger partial charge >= 0.3 is 0 Å². The van der Waals surface area contributed by atoms with E-state index < -0.39 is 0 Å². The van der Waals surface area contributed by atoms with Crippen LogP contribution in [0.1, 0.15) is 51.9 Å². The number of hydrogen-bond acceptors (Lipinski definition) is 2. The van der Waals surface area contributed by atoms with Crippen molar-refractivity contribution in [1.82, 2.24) is 0 Å². The third-order valence-corrected chi connectivity index (χ3v) is 4.16. The second-order valence-electron chi connectivity index (χ2n) is 4.61. The largest absolute Gasteiger partial charge is 0.197 e. The van der Waals surface area contributed by atoms with Gasteiger partial charge in [-0.15, -0.1) is 11.8 Å². The Balaban J connectivity index is 2.17.